The molecule has 0 aromatic carbocycles. The summed E-state index contributed by atoms with van der Waals surface area (Å²) in [5, 5.41) is 18.7. The molecule has 5 nitrogen and oxygen atoms in total. The molecule has 0 atom stereocenters. The van der Waals surface area contributed by atoms with E-state index in [0.717, 1.165) is 31.6 Å². The molecule has 0 amide bonds. The van der Waals surface area contributed by atoms with Gasteiger partial charge in [0, 0.05) is 18.7 Å². The van der Waals surface area contributed by atoms with Crippen molar-refractivity contribution in [1.82, 2.24) is 15.1 Å². The Labute approximate surface area is 95.7 Å². The summed E-state index contributed by atoms with van der Waals surface area (Å²) in [6, 6.07) is 0. The summed E-state index contributed by atoms with van der Waals surface area (Å²) in [6.45, 7) is 4.14. The van der Waals surface area contributed by atoms with Crippen molar-refractivity contribution in [3.05, 3.63) is 12.4 Å². The summed E-state index contributed by atoms with van der Waals surface area (Å²) in [5.41, 5.74) is 0.869. The fourth-order valence-corrected chi connectivity index (χ4v) is 2.01. The molecule has 3 N–H and O–H groups in total. The zero-order chi connectivity index (χ0) is 11.6. The Hall–Kier alpha value is -1.36. The number of piperidine rings is 1. The van der Waals surface area contributed by atoms with E-state index < -0.39 is 0 Å². The zero-order valence-corrected chi connectivity index (χ0v) is 9.88. The second kappa shape index (κ2) is 4.25. The standard InChI is InChI=1S/C11H19N5/c1-11(3-5-13-6-4-11)10(12)15-9-7-14-16(2)8-9/h7-8,13H,3-6H2,1-2H3,(H2,12,15). The van der Waals surface area contributed by atoms with Gasteiger partial charge in [-0.3, -0.25) is 10.1 Å². The first-order valence-corrected chi connectivity index (χ1v) is 5.66. The lowest BCUT2D eigenvalue weighted by molar-refractivity contribution is 0.326. The van der Waals surface area contributed by atoms with Crippen LogP contribution in [0.5, 0.6) is 0 Å². The fraction of sp³-hybridized carbons (Fsp3) is 0.636. The number of anilines is 1. The number of aromatic nitrogens is 2. The molecular formula is C11H19N5. The number of hydrogen-bond donors (Lipinski definition) is 3. The number of hydrogen-bond acceptors (Lipinski definition) is 3. The highest BCUT2D eigenvalue weighted by Crippen LogP contribution is 2.29. The van der Waals surface area contributed by atoms with Crippen molar-refractivity contribution in [2.75, 3.05) is 18.4 Å². The maximum atomic E-state index is 8.15. The van der Waals surface area contributed by atoms with Crippen molar-refractivity contribution in [2.24, 2.45) is 12.5 Å². The molecule has 2 rings (SSSR count). The molecule has 1 aliphatic heterocycles. The van der Waals surface area contributed by atoms with Gasteiger partial charge < -0.3 is 10.6 Å². The third kappa shape index (κ3) is 2.24. The maximum Gasteiger partial charge on any atom is 0.104 e. The number of rotatable bonds is 2. The maximum absolute atomic E-state index is 8.15. The van der Waals surface area contributed by atoms with Crippen LogP contribution in [0.1, 0.15) is 19.8 Å². The summed E-state index contributed by atoms with van der Waals surface area (Å²) < 4.78 is 1.74. The molecule has 16 heavy (non-hydrogen) atoms. The van der Waals surface area contributed by atoms with Crippen molar-refractivity contribution in [1.29, 1.82) is 5.41 Å². The normalized spacial score (nSPS) is 19.4. The van der Waals surface area contributed by atoms with Crippen molar-refractivity contribution >= 4 is 11.5 Å². The van der Waals surface area contributed by atoms with E-state index in [4.69, 9.17) is 5.41 Å². The molecule has 0 radical (unpaired) electrons. The molecule has 1 saturated heterocycles. The van der Waals surface area contributed by atoms with Gasteiger partial charge in [0.15, 0.2) is 0 Å². The Morgan fingerprint density at radius 1 is 1.56 bits per heavy atom. The monoisotopic (exact) mass is 221 g/mol. The van der Waals surface area contributed by atoms with Crippen molar-refractivity contribution < 1.29 is 0 Å². The Kier molecular flexibility index (Phi) is 2.96. The van der Waals surface area contributed by atoms with E-state index >= 15 is 0 Å². The van der Waals surface area contributed by atoms with E-state index in [1.165, 1.54) is 0 Å². The SMILES string of the molecule is Cn1cc(NC(=N)C2(C)CCNCC2)cn1. The Bertz CT molecular complexity index is 375. The van der Waals surface area contributed by atoms with E-state index in [-0.39, 0.29) is 5.41 Å². The van der Waals surface area contributed by atoms with Crippen LogP contribution >= 0.6 is 0 Å². The Balaban J connectivity index is 2.01. The van der Waals surface area contributed by atoms with Crippen LogP contribution in [-0.2, 0) is 7.05 Å². The summed E-state index contributed by atoms with van der Waals surface area (Å²) in [5.74, 6) is 0.599. The van der Waals surface area contributed by atoms with Crippen LogP contribution in [0.4, 0.5) is 5.69 Å². The van der Waals surface area contributed by atoms with Crippen LogP contribution in [0, 0.1) is 10.8 Å². The highest BCUT2D eigenvalue weighted by Gasteiger charge is 2.31. The van der Waals surface area contributed by atoms with Gasteiger partial charge >= 0.3 is 0 Å². The van der Waals surface area contributed by atoms with Gasteiger partial charge in [0.2, 0.25) is 0 Å². The molecule has 1 aromatic rings. The molecular weight excluding hydrogens is 202 g/mol. The first-order chi connectivity index (χ1) is 7.60. The summed E-state index contributed by atoms with van der Waals surface area (Å²) in [6.07, 6.45) is 5.66. The number of aryl methyl sites for hydroxylation is 1. The molecule has 88 valence electrons. The van der Waals surface area contributed by atoms with Crippen LogP contribution in [0.3, 0.4) is 0 Å². The number of nitrogens with one attached hydrogen (secondary N) is 3. The Morgan fingerprint density at radius 2 is 2.25 bits per heavy atom. The molecule has 1 fully saturated rings. The van der Waals surface area contributed by atoms with Crippen LogP contribution in [0.15, 0.2) is 12.4 Å². The quantitative estimate of drug-likeness (QED) is 0.519. The predicted molar refractivity (Wildman–Crippen MR) is 64.8 cm³/mol. The zero-order valence-electron chi connectivity index (χ0n) is 9.88. The minimum atomic E-state index is -0.0267. The first kappa shape index (κ1) is 11.1. The highest BCUT2D eigenvalue weighted by molar-refractivity contribution is 5.97. The van der Waals surface area contributed by atoms with Crippen LogP contribution in [0.2, 0.25) is 0 Å². The van der Waals surface area contributed by atoms with E-state index in [9.17, 15) is 0 Å². The van der Waals surface area contributed by atoms with Gasteiger partial charge in [-0.25, -0.2) is 0 Å². The van der Waals surface area contributed by atoms with Gasteiger partial charge in [0.25, 0.3) is 0 Å². The van der Waals surface area contributed by atoms with E-state index in [2.05, 4.69) is 22.7 Å². The molecule has 5 heteroatoms. The highest BCUT2D eigenvalue weighted by atomic mass is 15.3. The smallest absolute Gasteiger partial charge is 0.104 e. The van der Waals surface area contributed by atoms with Gasteiger partial charge in [-0.1, -0.05) is 6.92 Å². The second-order valence-corrected chi connectivity index (χ2v) is 4.71. The average Bonchev–Trinajstić information content (AvgIpc) is 2.65. The molecule has 0 saturated carbocycles. The molecule has 0 spiro atoms. The largest absolute Gasteiger partial charge is 0.341 e. The lowest BCUT2D eigenvalue weighted by Gasteiger charge is -2.34. The Morgan fingerprint density at radius 3 is 2.81 bits per heavy atom. The van der Waals surface area contributed by atoms with E-state index in [0.29, 0.717) is 5.84 Å². The molecule has 0 bridgehead atoms. The molecule has 1 aromatic heterocycles. The molecule has 0 aliphatic carbocycles. The fourth-order valence-electron chi connectivity index (χ4n) is 2.01. The lowest BCUT2D eigenvalue weighted by atomic mass is 9.79. The third-order valence-electron chi connectivity index (χ3n) is 3.28. The lowest BCUT2D eigenvalue weighted by Crippen LogP contribution is -2.42. The summed E-state index contributed by atoms with van der Waals surface area (Å²) in [7, 11) is 1.88. The summed E-state index contributed by atoms with van der Waals surface area (Å²) >= 11 is 0. The second-order valence-electron chi connectivity index (χ2n) is 4.71. The van der Waals surface area contributed by atoms with Crippen molar-refractivity contribution in [2.45, 2.75) is 19.8 Å². The van der Waals surface area contributed by atoms with Crippen molar-refractivity contribution in [3.8, 4) is 0 Å². The van der Waals surface area contributed by atoms with E-state index in [1.54, 1.807) is 10.9 Å². The molecule has 2 heterocycles. The van der Waals surface area contributed by atoms with Gasteiger partial charge in [0.05, 0.1) is 11.9 Å². The summed E-state index contributed by atoms with van der Waals surface area (Å²) in [4.78, 5) is 0. The van der Waals surface area contributed by atoms with Crippen molar-refractivity contribution in [3.63, 3.8) is 0 Å². The number of nitrogens with zero attached hydrogens (tertiary/aromatic N) is 2. The minimum absolute atomic E-state index is 0.0267. The van der Waals surface area contributed by atoms with Gasteiger partial charge in [-0.05, 0) is 25.9 Å². The van der Waals surface area contributed by atoms with Crippen LogP contribution in [-0.4, -0.2) is 28.7 Å². The van der Waals surface area contributed by atoms with Gasteiger partial charge in [-0.15, -0.1) is 0 Å². The van der Waals surface area contributed by atoms with Crippen LogP contribution in [0.25, 0.3) is 0 Å². The minimum Gasteiger partial charge on any atom is -0.341 e. The molecule has 1 aliphatic rings. The van der Waals surface area contributed by atoms with Gasteiger partial charge in [0.1, 0.15) is 5.84 Å². The van der Waals surface area contributed by atoms with E-state index in [1.807, 2.05) is 13.2 Å². The number of amidine groups is 1. The molecule has 0 unspecified atom stereocenters. The topological polar surface area (TPSA) is 65.7 Å². The van der Waals surface area contributed by atoms with Gasteiger partial charge in [-0.2, -0.15) is 5.10 Å². The predicted octanol–water partition coefficient (Wildman–Crippen LogP) is 1.20. The first-order valence-electron chi connectivity index (χ1n) is 5.66. The third-order valence-corrected chi connectivity index (χ3v) is 3.28. The average molecular weight is 221 g/mol. The van der Waals surface area contributed by atoms with Crippen LogP contribution < -0.4 is 10.6 Å².